The molecule has 0 spiro atoms. The van der Waals surface area contributed by atoms with E-state index in [4.69, 9.17) is 11.6 Å². The lowest BCUT2D eigenvalue weighted by Crippen LogP contribution is -2.37. The van der Waals surface area contributed by atoms with Gasteiger partial charge in [0.15, 0.2) is 0 Å². The highest BCUT2D eigenvalue weighted by atomic mass is 35.5. The molecule has 160 valence electrons. The van der Waals surface area contributed by atoms with Crippen LogP contribution in [0.4, 0.5) is 16.0 Å². The standard InChI is InChI=1S/C21H21ClFN7O/c22-17-10-28-19(30-21(31)14-2-1-3-24-8-14)5-16(17)18-11-26-12-20(29-18)27-7-13-4-15(23)9-25-6-13/h4-6,9-12,14,24H,1-3,7-8H2,(H,27,29)(H,28,30,31)/t14-/m1/s1. The Morgan fingerprint density at radius 2 is 2.03 bits per heavy atom. The summed E-state index contributed by atoms with van der Waals surface area (Å²) < 4.78 is 13.3. The molecule has 0 bridgehead atoms. The Labute approximate surface area is 183 Å². The summed E-state index contributed by atoms with van der Waals surface area (Å²) >= 11 is 6.34. The van der Waals surface area contributed by atoms with Gasteiger partial charge in [-0.05, 0) is 37.1 Å². The second kappa shape index (κ2) is 9.76. The molecular weight excluding hydrogens is 421 g/mol. The van der Waals surface area contributed by atoms with Gasteiger partial charge in [0.05, 0.1) is 35.2 Å². The van der Waals surface area contributed by atoms with Crippen LogP contribution in [0.15, 0.2) is 43.1 Å². The third-order valence-electron chi connectivity index (χ3n) is 4.92. The summed E-state index contributed by atoms with van der Waals surface area (Å²) in [5, 5.41) is 9.57. The summed E-state index contributed by atoms with van der Waals surface area (Å²) in [7, 11) is 0. The van der Waals surface area contributed by atoms with Crippen molar-refractivity contribution in [2.75, 3.05) is 23.7 Å². The molecule has 4 heterocycles. The van der Waals surface area contributed by atoms with Gasteiger partial charge in [-0.1, -0.05) is 11.6 Å². The van der Waals surface area contributed by atoms with E-state index in [9.17, 15) is 9.18 Å². The second-order valence-electron chi connectivity index (χ2n) is 7.24. The summed E-state index contributed by atoms with van der Waals surface area (Å²) in [4.78, 5) is 29.3. The fraction of sp³-hybridized carbons (Fsp3) is 0.286. The number of rotatable bonds is 6. The van der Waals surface area contributed by atoms with Crippen molar-refractivity contribution in [2.24, 2.45) is 5.92 Å². The number of hydrogen-bond donors (Lipinski definition) is 3. The number of piperidine rings is 1. The highest BCUT2D eigenvalue weighted by Crippen LogP contribution is 2.28. The van der Waals surface area contributed by atoms with E-state index in [1.165, 1.54) is 12.3 Å². The van der Waals surface area contributed by atoms with Gasteiger partial charge in [0.1, 0.15) is 17.5 Å². The van der Waals surface area contributed by atoms with Gasteiger partial charge in [-0.3, -0.25) is 14.8 Å². The van der Waals surface area contributed by atoms with Gasteiger partial charge in [-0.25, -0.2) is 14.4 Å². The lowest BCUT2D eigenvalue weighted by Gasteiger charge is -2.21. The van der Waals surface area contributed by atoms with Crippen LogP contribution >= 0.6 is 11.6 Å². The summed E-state index contributed by atoms with van der Waals surface area (Å²) in [5.74, 6) is 0.341. The minimum absolute atomic E-state index is 0.0711. The molecule has 1 atom stereocenters. The van der Waals surface area contributed by atoms with Gasteiger partial charge >= 0.3 is 0 Å². The van der Waals surface area contributed by atoms with Gasteiger partial charge in [0.25, 0.3) is 0 Å². The van der Waals surface area contributed by atoms with E-state index in [0.717, 1.165) is 25.6 Å². The van der Waals surface area contributed by atoms with Crippen molar-refractivity contribution in [2.45, 2.75) is 19.4 Å². The molecule has 0 saturated carbocycles. The second-order valence-corrected chi connectivity index (χ2v) is 7.64. The minimum Gasteiger partial charge on any atom is -0.365 e. The molecule has 31 heavy (non-hydrogen) atoms. The molecule has 0 unspecified atom stereocenters. The smallest absolute Gasteiger partial charge is 0.229 e. The van der Waals surface area contributed by atoms with Gasteiger partial charge in [0.2, 0.25) is 5.91 Å². The first kappa shape index (κ1) is 21.1. The van der Waals surface area contributed by atoms with E-state index in [2.05, 4.69) is 35.9 Å². The van der Waals surface area contributed by atoms with Crippen LogP contribution in [0.2, 0.25) is 5.02 Å². The van der Waals surface area contributed by atoms with Crippen LogP contribution in [0.5, 0.6) is 0 Å². The van der Waals surface area contributed by atoms with Gasteiger partial charge in [0, 0.05) is 31.0 Å². The van der Waals surface area contributed by atoms with E-state index in [1.807, 2.05) is 0 Å². The summed E-state index contributed by atoms with van der Waals surface area (Å²) in [6.07, 6.45) is 9.15. The van der Waals surface area contributed by atoms with Crippen molar-refractivity contribution in [3.63, 3.8) is 0 Å². The molecule has 3 aromatic heterocycles. The topological polar surface area (TPSA) is 105 Å². The molecule has 3 N–H and O–H groups in total. The van der Waals surface area contributed by atoms with E-state index in [-0.39, 0.29) is 11.8 Å². The minimum atomic E-state index is -0.402. The first-order chi connectivity index (χ1) is 15.1. The largest absolute Gasteiger partial charge is 0.365 e. The number of aromatic nitrogens is 4. The molecule has 1 aliphatic heterocycles. The molecule has 0 aromatic carbocycles. The molecule has 1 fully saturated rings. The zero-order valence-corrected chi connectivity index (χ0v) is 17.4. The Morgan fingerprint density at radius 1 is 1.16 bits per heavy atom. The van der Waals surface area contributed by atoms with E-state index >= 15 is 0 Å². The van der Waals surface area contributed by atoms with E-state index < -0.39 is 5.82 Å². The van der Waals surface area contributed by atoms with Crippen LogP contribution in [0, 0.1) is 11.7 Å². The lowest BCUT2D eigenvalue weighted by molar-refractivity contribution is -0.120. The number of carbonyl (C=O) groups excluding carboxylic acids is 1. The maximum Gasteiger partial charge on any atom is 0.229 e. The maximum atomic E-state index is 13.3. The molecule has 3 aromatic rings. The molecule has 1 amide bonds. The molecule has 0 aliphatic carbocycles. The average Bonchev–Trinajstić information content (AvgIpc) is 2.80. The summed E-state index contributed by atoms with van der Waals surface area (Å²) in [6.45, 7) is 1.93. The van der Waals surface area contributed by atoms with Crippen LogP contribution in [-0.2, 0) is 11.3 Å². The van der Waals surface area contributed by atoms with Crippen LogP contribution in [0.1, 0.15) is 18.4 Å². The third-order valence-corrected chi connectivity index (χ3v) is 5.22. The monoisotopic (exact) mass is 441 g/mol. The Morgan fingerprint density at radius 3 is 2.84 bits per heavy atom. The average molecular weight is 442 g/mol. The molecule has 0 radical (unpaired) electrons. The Kier molecular flexibility index (Phi) is 6.63. The fourth-order valence-corrected chi connectivity index (χ4v) is 3.53. The highest BCUT2D eigenvalue weighted by Gasteiger charge is 2.21. The van der Waals surface area contributed by atoms with Crippen molar-refractivity contribution in [3.8, 4) is 11.3 Å². The first-order valence-electron chi connectivity index (χ1n) is 9.91. The number of pyridine rings is 2. The first-order valence-corrected chi connectivity index (χ1v) is 10.3. The van der Waals surface area contributed by atoms with Gasteiger partial charge in [-0.15, -0.1) is 0 Å². The Balaban J connectivity index is 1.48. The summed E-state index contributed by atoms with van der Waals surface area (Å²) in [5.41, 5.74) is 1.79. The zero-order valence-electron chi connectivity index (χ0n) is 16.6. The molecule has 1 aliphatic rings. The summed E-state index contributed by atoms with van der Waals surface area (Å²) in [6, 6.07) is 3.08. The Hall–Kier alpha value is -3.17. The van der Waals surface area contributed by atoms with Gasteiger partial charge in [-0.2, -0.15) is 0 Å². The predicted octanol–water partition coefficient (Wildman–Crippen LogP) is 3.28. The number of carbonyl (C=O) groups is 1. The van der Waals surface area contributed by atoms with Crippen LogP contribution < -0.4 is 16.0 Å². The van der Waals surface area contributed by atoms with Crippen molar-refractivity contribution >= 4 is 29.1 Å². The molecule has 1 saturated heterocycles. The van der Waals surface area contributed by atoms with Crippen molar-refractivity contribution in [1.29, 1.82) is 0 Å². The van der Waals surface area contributed by atoms with Crippen LogP contribution in [0.25, 0.3) is 11.3 Å². The van der Waals surface area contributed by atoms with Crippen molar-refractivity contribution in [1.82, 2.24) is 25.3 Å². The van der Waals surface area contributed by atoms with Crippen LogP contribution in [0.3, 0.4) is 0 Å². The molecular formula is C21H21ClFN7O. The van der Waals surface area contributed by atoms with Gasteiger partial charge < -0.3 is 16.0 Å². The number of anilines is 2. The predicted molar refractivity (Wildman–Crippen MR) is 116 cm³/mol. The molecule has 10 heteroatoms. The maximum absolute atomic E-state index is 13.3. The zero-order chi connectivity index (χ0) is 21.6. The number of amides is 1. The van der Waals surface area contributed by atoms with E-state index in [1.54, 1.807) is 24.7 Å². The normalized spacial score (nSPS) is 16.0. The quantitative estimate of drug-likeness (QED) is 0.539. The van der Waals surface area contributed by atoms with Crippen molar-refractivity contribution < 1.29 is 9.18 Å². The SMILES string of the molecule is O=C(Nc1cc(-c2cncc(NCc3cncc(F)c3)n2)c(Cl)cn1)[C@@H]1CCCNC1. The molecule has 4 rings (SSSR count). The number of nitrogens with one attached hydrogen (secondary N) is 3. The highest BCUT2D eigenvalue weighted by molar-refractivity contribution is 6.33. The fourth-order valence-electron chi connectivity index (χ4n) is 3.33. The number of halogens is 2. The number of nitrogens with zero attached hydrogens (tertiary/aromatic N) is 4. The molecule has 8 nitrogen and oxygen atoms in total. The Bertz CT molecular complexity index is 1080. The number of hydrogen-bond acceptors (Lipinski definition) is 7. The van der Waals surface area contributed by atoms with Crippen molar-refractivity contribution in [3.05, 3.63) is 59.5 Å². The van der Waals surface area contributed by atoms with E-state index in [0.29, 0.717) is 46.6 Å². The lowest BCUT2D eigenvalue weighted by atomic mass is 9.99. The van der Waals surface area contributed by atoms with Crippen LogP contribution in [-0.4, -0.2) is 38.9 Å². The third kappa shape index (κ3) is 5.50.